The number of alkyl halides is 3. The van der Waals surface area contributed by atoms with Crippen molar-refractivity contribution >= 4 is 0 Å². The Labute approximate surface area is 138 Å². The van der Waals surface area contributed by atoms with Crippen molar-refractivity contribution in [1.29, 1.82) is 0 Å². The maximum Gasteiger partial charge on any atom is 0.436 e. The van der Waals surface area contributed by atoms with Crippen molar-refractivity contribution in [2.45, 2.75) is 6.18 Å². The number of halogens is 3. The van der Waals surface area contributed by atoms with Crippen LogP contribution in [0.3, 0.4) is 0 Å². The van der Waals surface area contributed by atoms with Crippen molar-refractivity contribution in [2.24, 2.45) is 0 Å². The third kappa shape index (κ3) is 3.03. The van der Waals surface area contributed by atoms with Crippen LogP contribution in [0.1, 0.15) is 5.69 Å². The summed E-state index contributed by atoms with van der Waals surface area (Å²) in [5, 5.41) is 34.3. The van der Waals surface area contributed by atoms with Gasteiger partial charge in [0.05, 0.1) is 5.56 Å². The van der Waals surface area contributed by atoms with E-state index in [0.29, 0.717) is 0 Å². The standard InChI is InChI=1S/C16H11F3N2O4/c17-16(18,19)15-14(25-8-4-2-1-3-5-8)11(20-21-15)9-6-7-10(22)13(24)12(9)23/h1-7,22-24H,(H,20,21). The highest BCUT2D eigenvalue weighted by Gasteiger charge is 2.39. The van der Waals surface area contributed by atoms with E-state index >= 15 is 0 Å². The third-order valence-corrected chi connectivity index (χ3v) is 3.35. The Morgan fingerprint density at radius 1 is 0.920 bits per heavy atom. The number of rotatable bonds is 3. The monoisotopic (exact) mass is 352 g/mol. The van der Waals surface area contributed by atoms with E-state index in [4.69, 9.17) is 4.74 Å². The molecule has 0 fully saturated rings. The van der Waals surface area contributed by atoms with Crippen LogP contribution < -0.4 is 4.74 Å². The number of phenolic OH excluding ortho intramolecular Hbond substituents is 3. The molecule has 6 nitrogen and oxygen atoms in total. The lowest BCUT2D eigenvalue weighted by Crippen LogP contribution is -2.07. The molecule has 0 radical (unpaired) electrons. The van der Waals surface area contributed by atoms with Crippen LogP contribution in [-0.4, -0.2) is 25.5 Å². The van der Waals surface area contributed by atoms with Crippen LogP contribution in [0.15, 0.2) is 42.5 Å². The van der Waals surface area contributed by atoms with E-state index in [0.717, 1.165) is 12.1 Å². The van der Waals surface area contributed by atoms with Crippen LogP contribution in [0, 0.1) is 0 Å². The zero-order valence-corrected chi connectivity index (χ0v) is 12.4. The van der Waals surface area contributed by atoms with Gasteiger partial charge in [-0.1, -0.05) is 18.2 Å². The maximum absolute atomic E-state index is 13.2. The van der Waals surface area contributed by atoms with Gasteiger partial charge in [0.25, 0.3) is 0 Å². The number of aromatic hydroxyl groups is 3. The van der Waals surface area contributed by atoms with Crippen LogP contribution in [0.2, 0.25) is 0 Å². The SMILES string of the molecule is Oc1ccc(-c2n[nH]c(C(F)(F)F)c2Oc2ccccc2)c(O)c1O. The zero-order valence-electron chi connectivity index (χ0n) is 12.4. The van der Waals surface area contributed by atoms with Crippen LogP contribution >= 0.6 is 0 Å². The Hall–Kier alpha value is -3.36. The van der Waals surface area contributed by atoms with E-state index in [1.165, 1.54) is 12.1 Å². The van der Waals surface area contributed by atoms with Gasteiger partial charge in [-0.25, -0.2) is 0 Å². The summed E-state index contributed by atoms with van der Waals surface area (Å²) in [6.45, 7) is 0. The van der Waals surface area contributed by atoms with Crippen molar-refractivity contribution in [2.75, 3.05) is 0 Å². The smallest absolute Gasteiger partial charge is 0.436 e. The lowest BCUT2D eigenvalue weighted by atomic mass is 10.1. The fraction of sp³-hybridized carbons (Fsp3) is 0.0625. The number of ether oxygens (including phenoxy) is 1. The number of phenols is 3. The third-order valence-electron chi connectivity index (χ3n) is 3.35. The Bertz CT molecular complexity index is 908. The van der Waals surface area contributed by atoms with Crippen LogP contribution in [0.25, 0.3) is 11.3 Å². The van der Waals surface area contributed by atoms with E-state index in [9.17, 15) is 28.5 Å². The van der Waals surface area contributed by atoms with Gasteiger partial charge in [0.1, 0.15) is 11.4 Å². The lowest BCUT2D eigenvalue weighted by Gasteiger charge is -2.11. The number of nitrogens with zero attached hydrogens (tertiary/aromatic N) is 1. The molecule has 0 atom stereocenters. The Morgan fingerprint density at radius 2 is 1.60 bits per heavy atom. The van der Waals surface area contributed by atoms with Crippen LogP contribution in [0.5, 0.6) is 28.7 Å². The second kappa shape index (κ2) is 5.93. The van der Waals surface area contributed by atoms with Crippen LogP contribution in [0.4, 0.5) is 13.2 Å². The summed E-state index contributed by atoms with van der Waals surface area (Å²) in [6.07, 6.45) is -4.79. The highest BCUT2D eigenvalue weighted by atomic mass is 19.4. The van der Waals surface area contributed by atoms with Crippen LogP contribution in [-0.2, 0) is 6.18 Å². The number of aromatic nitrogens is 2. The van der Waals surface area contributed by atoms with Gasteiger partial charge in [-0.15, -0.1) is 0 Å². The van der Waals surface area contributed by atoms with Crippen molar-refractivity contribution in [3.63, 3.8) is 0 Å². The molecule has 2 aromatic carbocycles. The molecule has 0 saturated heterocycles. The van der Waals surface area contributed by atoms with E-state index in [1.807, 2.05) is 5.10 Å². The lowest BCUT2D eigenvalue weighted by molar-refractivity contribution is -0.142. The number of para-hydroxylation sites is 1. The minimum atomic E-state index is -4.79. The van der Waals surface area contributed by atoms with Gasteiger partial charge in [-0.2, -0.15) is 18.3 Å². The predicted molar refractivity (Wildman–Crippen MR) is 80.5 cm³/mol. The Morgan fingerprint density at radius 3 is 2.24 bits per heavy atom. The molecule has 0 aliphatic heterocycles. The number of hydrogen-bond acceptors (Lipinski definition) is 5. The molecule has 3 aromatic rings. The molecule has 0 aliphatic rings. The number of aromatic amines is 1. The van der Waals surface area contributed by atoms with Gasteiger partial charge < -0.3 is 20.1 Å². The highest BCUT2D eigenvalue weighted by Crippen LogP contribution is 2.48. The fourth-order valence-electron chi connectivity index (χ4n) is 2.17. The van der Waals surface area contributed by atoms with E-state index < -0.39 is 34.9 Å². The molecule has 130 valence electrons. The summed E-state index contributed by atoms with van der Waals surface area (Å²) in [5.41, 5.74) is -1.87. The van der Waals surface area contributed by atoms with E-state index in [-0.39, 0.29) is 17.0 Å². The largest absolute Gasteiger partial charge is 0.504 e. The summed E-state index contributed by atoms with van der Waals surface area (Å²) in [6, 6.07) is 9.84. The van der Waals surface area contributed by atoms with E-state index in [2.05, 4.69) is 5.10 Å². The number of nitrogens with one attached hydrogen (secondary N) is 1. The highest BCUT2D eigenvalue weighted by molar-refractivity contribution is 5.77. The van der Waals surface area contributed by atoms with Crippen molar-refractivity contribution < 1.29 is 33.2 Å². The van der Waals surface area contributed by atoms with Gasteiger partial charge in [-0.05, 0) is 24.3 Å². The minimum absolute atomic E-state index is 0.123. The molecule has 0 unspecified atom stereocenters. The molecule has 0 amide bonds. The number of hydrogen-bond donors (Lipinski definition) is 4. The number of benzene rings is 2. The van der Waals surface area contributed by atoms with Crippen molar-refractivity contribution in [3.8, 4) is 40.0 Å². The minimum Gasteiger partial charge on any atom is -0.504 e. The van der Waals surface area contributed by atoms with Gasteiger partial charge in [0.2, 0.25) is 5.75 Å². The van der Waals surface area contributed by atoms with Crippen molar-refractivity contribution in [3.05, 3.63) is 48.2 Å². The molecule has 25 heavy (non-hydrogen) atoms. The number of H-pyrrole nitrogens is 1. The molecule has 4 N–H and O–H groups in total. The molecular weight excluding hydrogens is 341 g/mol. The molecule has 0 aliphatic carbocycles. The van der Waals surface area contributed by atoms with Gasteiger partial charge in [-0.3, -0.25) is 5.10 Å². The predicted octanol–water partition coefficient (Wildman–Crippen LogP) is 4.00. The fourth-order valence-corrected chi connectivity index (χ4v) is 2.17. The second-order valence-electron chi connectivity index (χ2n) is 5.02. The summed E-state index contributed by atoms with van der Waals surface area (Å²) in [4.78, 5) is 0. The van der Waals surface area contributed by atoms with Gasteiger partial charge >= 0.3 is 6.18 Å². The molecule has 1 heterocycles. The van der Waals surface area contributed by atoms with Gasteiger partial charge in [0.15, 0.2) is 22.9 Å². The first kappa shape index (κ1) is 16.5. The quantitative estimate of drug-likeness (QED) is 0.534. The zero-order chi connectivity index (χ0) is 18.2. The Kier molecular flexibility index (Phi) is 3.91. The van der Waals surface area contributed by atoms with Crippen molar-refractivity contribution in [1.82, 2.24) is 10.2 Å². The van der Waals surface area contributed by atoms with Gasteiger partial charge in [0, 0.05) is 0 Å². The summed E-state index contributed by atoms with van der Waals surface area (Å²) in [7, 11) is 0. The molecule has 0 bridgehead atoms. The topological polar surface area (TPSA) is 98.6 Å². The second-order valence-corrected chi connectivity index (χ2v) is 5.02. The maximum atomic E-state index is 13.2. The average molecular weight is 352 g/mol. The van der Waals surface area contributed by atoms with E-state index in [1.54, 1.807) is 18.2 Å². The molecule has 9 heteroatoms. The molecule has 0 saturated carbocycles. The molecule has 1 aromatic heterocycles. The summed E-state index contributed by atoms with van der Waals surface area (Å²) >= 11 is 0. The molecule has 0 spiro atoms. The average Bonchev–Trinajstić information content (AvgIpc) is 2.97. The normalized spacial score (nSPS) is 11.5. The summed E-state index contributed by atoms with van der Waals surface area (Å²) < 4.78 is 45.0. The first-order chi connectivity index (χ1) is 11.8. The molecule has 3 rings (SSSR count). The molecular formula is C16H11F3N2O4. The first-order valence-electron chi connectivity index (χ1n) is 6.91. The first-order valence-corrected chi connectivity index (χ1v) is 6.91. The Balaban J connectivity index is 2.18. The summed E-state index contributed by atoms with van der Waals surface area (Å²) in [5.74, 6) is -2.87.